The molecule has 4 aromatic rings. The van der Waals surface area contributed by atoms with E-state index in [-0.39, 0.29) is 22.5 Å². The van der Waals surface area contributed by atoms with Crippen LogP contribution < -0.4 is 20.3 Å². The highest BCUT2D eigenvalue weighted by atomic mass is 16.5. The van der Waals surface area contributed by atoms with Crippen molar-refractivity contribution in [3.63, 3.8) is 0 Å². The molecule has 9 heteroatoms. The third-order valence-corrected chi connectivity index (χ3v) is 6.13. The van der Waals surface area contributed by atoms with Gasteiger partial charge in [-0.25, -0.2) is 0 Å². The Labute approximate surface area is 204 Å². The summed E-state index contributed by atoms with van der Waals surface area (Å²) in [5.41, 5.74) is 2.14. The van der Waals surface area contributed by atoms with Gasteiger partial charge in [0.2, 0.25) is 0 Å². The number of rotatable bonds is 6. The second kappa shape index (κ2) is 8.70. The summed E-state index contributed by atoms with van der Waals surface area (Å²) in [7, 11) is 2.89. The second-order valence-corrected chi connectivity index (χ2v) is 8.09. The number of ketones is 1. The van der Waals surface area contributed by atoms with Gasteiger partial charge in [-0.05, 0) is 36.4 Å². The summed E-state index contributed by atoms with van der Waals surface area (Å²) < 4.78 is 12.4. The molecule has 0 unspecified atom stereocenters. The van der Waals surface area contributed by atoms with Crippen molar-refractivity contribution >= 4 is 28.4 Å². The van der Waals surface area contributed by atoms with Crippen LogP contribution in [0.4, 0.5) is 0 Å². The number of carbonyl (C=O) groups is 3. The Morgan fingerprint density at radius 1 is 0.917 bits per heavy atom. The molecule has 0 spiro atoms. The molecule has 1 aromatic heterocycles. The van der Waals surface area contributed by atoms with Gasteiger partial charge in [-0.3, -0.25) is 23.7 Å². The SMILES string of the molecule is COc1ccc2c3c(n(-c4ccc(C(=O)NCC(=O)O)cc4)c(=O)c2c1OC)-c1ccccc1C3=O. The maximum atomic E-state index is 14.0. The highest BCUT2D eigenvalue weighted by molar-refractivity contribution is 6.27. The number of carbonyl (C=O) groups excluding carboxylic acids is 2. The van der Waals surface area contributed by atoms with Crippen molar-refractivity contribution in [3.05, 3.63) is 87.7 Å². The lowest BCUT2D eigenvalue weighted by Crippen LogP contribution is -2.29. The first-order valence-electron chi connectivity index (χ1n) is 11.0. The largest absolute Gasteiger partial charge is 0.493 e. The number of hydrogen-bond acceptors (Lipinski definition) is 6. The molecule has 5 rings (SSSR count). The Bertz CT molecular complexity index is 1640. The number of aromatic nitrogens is 1. The molecule has 3 aromatic carbocycles. The van der Waals surface area contributed by atoms with Crippen LogP contribution in [-0.2, 0) is 4.79 Å². The normalized spacial score (nSPS) is 11.7. The predicted octanol–water partition coefficient (Wildman–Crippen LogP) is 3.03. The number of nitrogens with zero attached hydrogens (tertiary/aromatic N) is 1. The maximum Gasteiger partial charge on any atom is 0.322 e. The molecule has 1 heterocycles. The van der Waals surface area contributed by atoms with E-state index in [1.54, 1.807) is 48.5 Å². The molecule has 0 atom stereocenters. The smallest absolute Gasteiger partial charge is 0.322 e. The monoisotopic (exact) mass is 484 g/mol. The molecule has 0 radical (unpaired) electrons. The van der Waals surface area contributed by atoms with Gasteiger partial charge in [0.05, 0.1) is 30.9 Å². The molecular weight excluding hydrogens is 464 g/mol. The predicted molar refractivity (Wildman–Crippen MR) is 131 cm³/mol. The topological polar surface area (TPSA) is 124 Å². The summed E-state index contributed by atoms with van der Waals surface area (Å²) in [5.74, 6) is -1.37. The Morgan fingerprint density at radius 3 is 2.25 bits per heavy atom. The van der Waals surface area contributed by atoms with E-state index in [2.05, 4.69) is 5.32 Å². The van der Waals surface area contributed by atoms with Gasteiger partial charge >= 0.3 is 5.97 Å². The van der Waals surface area contributed by atoms with Crippen molar-refractivity contribution in [3.8, 4) is 28.4 Å². The van der Waals surface area contributed by atoms with Crippen molar-refractivity contribution < 1.29 is 29.0 Å². The van der Waals surface area contributed by atoms with E-state index >= 15 is 0 Å². The van der Waals surface area contributed by atoms with Crippen LogP contribution in [0.2, 0.25) is 0 Å². The molecule has 1 aliphatic rings. The number of carboxylic acid groups (broad SMARTS) is 1. The van der Waals surface area contributed by atoms with Crippen LogP contribution in [0.3, 0.4) is 0 Å². The number of hydrogen-bond donors (Lipinski definition) is 2. The standard InChI is InChI=1S/C27H20N2O7/c1-35-19-12-11-18-21-23(16-5-3-4-6-17(16)24(21)32)29(27(34)22(18)25(19)36-2)15-9-7-14(8-10-15)26(33)28-13-20(30)31/h3-12H,13H2,1-2H3,(H,28,33)(H,30,31). The van der Waals surface area contributed by atoms with Crippen molar-refractivity contribution in [2.75, 3.05) is 20.8 Å². The van der Waals surface area contributed by atoms with Crippen LogP contribution in [0.25, 0.3) is 27.7 Å². The third-order valence-electron chi connectivity index (χ3n) is 6.13. The third kappa shape index (κ3) is 3.40. The van der Waals surface area contributed by atoms with Crippen molar-refractivity contribution in [1.29, 1.82) is 0 Å². The van der Waals surface area contributed by atoms with Crippen molar-refractivity contribution in [2.24, 2.45) is 0 Å². The Balaban J connectivity index is 1.80. The Kier molecular flexibility index (Phi) is 5.52. The van der Waals surface area contributed by atoms with Crippen LogP contribution in [-0.4, -0.2) is 48.1 Å². The number of methoxy groups -OCH3 is 2. The van der Waals surface area contributed by atoms with Gasteiger partial charge in [0, 0.05) is 27.8 Å². The minimum atomic E-state index is -1.16. The van der Waals surface area contributed by atoms with Crippen LogP contribution in [0.5, 0.6) is 11.5 Å². The summed E-state index contributed by atoms with van der Waals surface area (Å²) in [4.78, 5) is 50.6. The van der Waals surface area contributed by atoms with Crippen molar-refractivity contribution in [1.82, 2.24) is 9.88 Å². The molecule has 0 saturated heterocycles. The average molecular weight is 484 g/mol. The maximum absolute atomic E-state index is 14.0. The summed E-state index contributed by atoms with van der Waals surface area (Å²) >= 11 is 0. The summed E-state index contributed by atoms with van der Waals surface area (Å²) in [6, 6.07) is 16.5. The highest BCUT2D eigenvalue weighted by Crippen LogP contribution is 2.43. The molecule has 1 aliphatic carbocycles. The number of nitrogens with one attached hydrogen (secondary N) is 1. The van der Waals surface area contributed by atoms with Crippen LogP contribution in [0.1, 0.15) is 26.3 Å². The van der Waals surface area contributed by atoms with Crippen molar-refractivity contribution in [2.45, 2.75) is 0 Å². The fourth-order valence-corrected chi connectivity index (χ4v) is 4.57. The number of benzene rings is 3. The zero-order chi connectivity index (χ0) is 25.6. The molecule has 36 heavy (non-hydrogen) atoms. The second-order valence-electron chi connectivity index (χ2n) is 8.09. The lowest BCUT2D eigenvalue weighted by molar-refractivity contribution is -0.135. The summed E-state index contributed by atoms with van der Waals surface area (Å²) in [6.07, 6.45) is 0. The van der Waals surface area contributed by atoms with E-state index in [0.29, 0.717) is 39.2 Å². The van der Waals surface area contributed by atoms with Gasteiger partial charge in [0.1, 0.15) is 6.54 Å². The summed E-state index contributed by atoms with van der Waals surface area (Å²) in [6.45, 7) is -0.515. The van der Waals surface area contributed by atoms with Gasteiger partial charge in [0.15, 0.2) is 17.3 Å². The van der Waals surface area contributed by atoms with Gasteiger partial charge < -0.3 is 19.9 Å². The molecule has 1 amide bonds. The Hall–Kier alpha value is -4.92. The van der Waals surface area contributed by atoms with E-state index < -0.39 is 24.0 Å². The minimum absolute atomic E-state index is 0.194. The van der Waals surface area contributed by atoms with E-state index in [4.69, 9.17) is 14.6 Å². The highest BCUT2D eigenvalue weighted by Gasteiger charge is 2.34. The molecule has 2 N–H and O–H groups in total. The number of amides is 1. The lowest BCUT2D eigenvalue weighted by atomic mass is 10.0. The molecule has 0 fully saturated rings. The van der Waals surface area contributed by atoms with Gasteiger partial charge in [0.25, 0.3) is 11.5 Å². The first-order valence-corrected chi connectivity index (χ1v) is 11.0. The van der Waals surface area contributed by atoms with Gasteiger partial charge in [-0.1, -0.05) is 24.3 Å². The number of carboxylic acids is 1. The minimum Gasteiger partial charge on any atom is -0.493 e. The van der Waals surface area contributed by atoms with Gasteiger partial charge in [-0.15, -0.1) is 0 Å². The molecule has 0 aliphatic heterocycles. The molecule has 180 valence electrons. The first-order chi connectivity index (χ1) is 17.4. The fourth-order valence-electron chi connectivity index (χ4n) is 4.57. The van der Waals surface area contributed by atoms with E-state index in [0.717, 1.165) is 0 Å². The quantitative estimate of drug-likeness (QED) is 0.380. The lowest BCUT2D eigenvalue weighted by Gasteiger charge is -2.18. The zero-order valence-electron chi connectivity index (χ0n) is 19.3. The van der Waals surface area contributed by atoms with Crippen LogP contribution in [0.15, 0.2) is 65.5 Å². The van der Waals surface area contributed by atoms with E-state index in [1.807, 2.05) is 0 Å². The van der Waals surface area contributed by atoms with E-state index in [9.17, 15) is 19.2 Å². The number of fused-ring (bicyclic) bond motifs is 5. The van der Waals surface area contributed by atoms with E-state index in [1.165, 1.54) is 30.9 Å². The molecule has 9 nitrogen and oxygen atoms in total. The molecule has 0 saturated carbocycles. The first kappa shape index (κ1) is 22.9. The molecule has 0 bridgehead atoms. The Morgan fingerprint density at radius 2 is 1.61 bits per heavy atom. The van der Waals surface area contributed by atoms with Gasteiger partial charge in [-0.2, -0.15) is 0 Å². The number of pyridine rings is 1. The average Bonchev–Trinajstić information content (AvgIpc) is 3.19. The summed E-state index contributed by atoms with van der Waals surface area (Å²) in [5, 5.41) is 11.7. The zero-order valence-corrected chi connectivity index (χ0v) is 19.3. The number of aliphatic carboxylic acids is 1. The number of ether oxygens (including phenoxy) is 2. The van der Waals surface area contributed by atoms with Crippen LogP contribution >= 0.6 is 0 Å². The van der Waals surface area contributed by atoms with Crippen LogP contribution in [0, 0.1) is 0 Å². The molecular formula is C27H20N2O7. The fraction of sp³-hybridized carbons (Fsp3) is 0.111.